The van der Waals surface area contributed by atoms with E-state index in [2.05, 4.69) is 0 Å². The van der Waals surface area contributed by atoms with Crippen LogP contribution < -0.4 is 9.47 Å². The first-order chi connectivity index (χ1) is 19.9. The van der Waals surface area contributed by atoms with Crippen LogP contribution in [0.1, 0.15) is 41.4 Å². The number of methoxy groups -OCH3 is 2. The van der Waals surface area contributed by atoms with Gasteiger partial charge in [0.15, 0.2) is 34.5 Å². The molecule has 0 aromatic heterocycles. The number of ether oxygens (including phenoxy) is 2. The minimum atomic E-state index is -1.09. The molecule has 12 heteroatoms. The van der Waals surface area contributed by atoms with Crippen LogP contribution in [0.4, 0.5) is 0 Å². The number of ketones is 4. The van der Waals surface area contributed by atoms with Crippen molar-refractivity contribution in [2.24, 2.45) is 0 Å². The summed E-state index contributed by atoms with van der Waals surface area (Å²) in [5.74, 6) is -9.05. The van der Waals surface area contributed by atoms with Crippen molar-refractivity contribution in [1.29, 1.82) is 0 Å². The van der Waals surface area contributed by atoms with Crippen LogP contribution in [0.5, 0.6) is 46.0 Å². The van der Waals surface area contributed by atoms with Gasteiger partial charge >= 0.3 is 0 Å². The third-order valence-corrected chi connectivity index (χ3v) is 6.30. The zero-order valence-electron chi connectivity index (χ0n) is 21.9. The van der Waals surface area contributed by atoms with Crippen molar-refractivity contribution in [3.8, 4) is 57.1 Å². The van der Waals surface area contributed by atoms with Gasteiger partial charge in [-0.25, -0.2) is 0 Å². The maximum Gasteiger partial charge on any atom is 0.237 e. The predicted octanol–water partition coefficient (Wildman–Crippen LogP) is 3.74. The number of hydrogen-bond acceptors (Lipinski definition) is 12. The Labute approximate surface area is 236 Å². The van der Waals surface area contributed by atoms with Crippen molar-refractivity contribution in [3.63, 3.8) is 0 Å². The van der Waals surface area contributed by atoms with Gasteiger partial charge in [0.25, 0.3) is 0 Å². The lowest BCUT2D eigenvalue weighted by Gasteiger charge is -2.13. The molecule has 0 fully saturated rings. The third-order valence-electron chi connectivity index (χ3n) is 6.30. The standard InChI is InChI=1S/C30H22O12/c1-41-23-11-13(3-5-17(23)27(37)25(35)15-7-19(31)29(39)20(32)8-15)14-4-6-18(24(12-14)42-2)28(38)26(36)16-9-21(33)30(40)22(34)10-16/h3-12,31-34,39-40H,1-2H3. The number of aromatic hydroxyl groups is 6. The molecule has 4 rings (SSSR count). The minimum absolute atomic E-state index is 0.000634. The van der Waals surface area contributed by atoms with Crippen molar-refractivity contribution < 1.29 is 59.3 Å². The number of rotatable bonds is 9. The maximum atomic E-state index is 13.0. The Bertz CT molecular complexity index is 1610. The van der Waals surface area contributed by atoms with Crippen LogP contribution in [0, 0.1) is 0 Å². The van der Waals surface area contributed by atoms with Crippen LogP contribution in [-0.2, 0) is 0 Å². The molecule has 0 saturated carbocycles. The van der Waals surface area contributed by atoms with Crippen LogP contribution in [-0.4, -0.2) is 68.0 Å². The number of carbonyl (C=O) groups is 4. The SMILES string of the molecule is COc1cc(-c2ccc(C(=O)C(=O)c3cc(O)c(O)c(O)c3)c(OC)c2)ccc1C(=O)C(=O)c1cc(O)c(O)c(O)c1. The summed E-state index contributed by atoms with van der Waals surface area (Å²) in [6, 6.07) is 11.8. The molecule has 4 aromatic carbocycles. The number of hydrogen-bond donors (Lipinski definition) is 6. The van der Waals surface area contributed by atoms with Gasteiger partial charge in [-0.05, 0) is 59.7 Å². The average molecular weight is 574 g/mol. The molecule has 6 N–H and O–H groups in total. The molecule has 0 spiro atoms. The van der Waals surface area contributed by atoms with Crippen LogP contribution >= 0.6 is 0 Å². The molecule has 4 aromatic rings. The lowest BCUT2D eigenvalue weighted by Crippen LogP contribution is -2.16. The number of benzene rings is 4. The Hall–Kier alpha value is -6.04. The van der Waals surface area contributed by atoms with Gasteiger partial charge in [0.1, 0.15) is 11.5 Å². The van der Waals surface area contributed by atoms with E-state index in [1.54, 1.807) is 0 Å². The van der Waals surface area contributed by atoms with E-state index < -0.39 is 57.6 Å². The lowest BCUT2D eigenvalue weighted by molar-refractivity contribution is 0.0814. The fraction of sp³-hybridized carbons (Fsp3) is 0.0667. The highest BCUT2D eigenvalue weighted by molar-refractivity contribution is 6.50. The summed E-state index contributed by atoms with van der Waals surface area (Å²) in [7, 11) is 2.54. The van der Waals surface area contributed by atoms with E-state index in [4.69, 9.17) is 9.47 Å². The van der Waals surface area contributed by atoms with Gasteiger partial charge in [-0.15, -0.1) is 0 Å². The number of phenols is 6. The molecule has 214 valence electrons. The smallest absolute Gasteiger partial charge is 0.237 e. The molecule has 42 heavy (non-hydrogen) atoms. The van der Waals surface area contributed by atoms with E-state index in [1.165, 1.54) is 50.6 Å². The molecular formula is C30H22O12. The van der Waals surface area contributed by atoms with E-state index in [0.717, 1.165) is 24.3 Å². The Balaban J connectivity index is 1.65. The van der Waals surface area contributed by atoms with Gasteiger partial charge in [0, 0.05) is 11.1 Å². The molecule has 0 amide bonds. The summed E-state index contributed by atoms with van der Waals surface area (Å²) in [5, 5.41) is 57.7. The normalized spacial score (nSPS) is 10.6. The van der Waals surface area contributed by atoms with Crippen LogP contribution in [0.15, 0.2) is 60.7 Å². The highest BCUT2D eigenvalue weighted by Crippen LogP contribution is 2.38. The molecule has 0 aliphatic rings. The van der Waals surface area contributed by atoms with Gasteiger partial charge < -0.3 is 40.1 Å². The quantitative estimate of drug-likeness (QED) is 0.0960. The van der Waals surface area contributed by atoms with Gasteiger partial charge in [-0.1, -0.05) is 12.1 Å². The van der Waals surface area contributed by atoms with Crippen LogP contribution in [0.3, 0.4) is 0 Å². The molecule has 12 nitrogen and oxygen atoms in total. The van der Waals surface area contributed by atoms with E-state index >= 15 is 0 Å². The van der Waals surface area contributed by atoms with E-state index in [1.807, 2.05) is 0 Å². The zero-order chi connectivity index (χ0) is 30.9. The lowest BCUT2D eigenvalue weighted by atomic mass is 9.95. The zero-order valence-corrected chi connectivity index (χ0v) is 21.9. The van der Waals surface area contributed by atoms with Gasteiger partial charge in [-0.2, -0.15) is 0 Å². The van der Waals surface area contributed by atoms with Crippen molar-refractivity contribution in [2.45, 2.75) is 0 Å². The largest absolute Gasteiger partial charge is 0.504 e. The molecule has 0 atom stereocenters. The summed E-state index contributed by atoms with van der Waals surface area (Å²) < 4.78 is 10.6. The summed E-state index contributed by atoms with van der Waals surface area (Å²) in [6.07, 6.45) is 0. The van der Waals surface area contributed by atoms with Gasteiger partial charge in [0.05, 0.1) is 25.3 Å². The van der Waals surface area contributed by atoms with Crippen LogP contribution in [0.2, 0.25) is 0 Å². The van der Waals surface area contributed by atoms with Crippen molar-refractivity contribution in [3.05, 3.63) is 82.9 Å². The number of phenolic OH excluding ortho intramolecular Hbond substituents is 6. The summed E-state index contributed by atoms with van der Waals surface area (Å²) >= 11 is 0. The molecule has 0 aliphatic carbocycles. The van der Waals surface area contributed by atoms with E-state index in [-0.39, 0.29) is 33.8 Å². The molecule has 0 aliphatic heterocycles. The first-order valence-electron chi connectivity index (χ1n) is 11.9. The highest BCUT2D eigenvalue weighted by Gasteiger charge is 2.26. The Morgan fingerprint density at radius 2 is 0.786 bits per heavy atom. The second kappa shape index (κ2) is 11.2. The Kier molecular flexibility index (Phi) is 7.73. The fourth-order valence-electron chi connectivity index (χ4n) is 4.09. The fourth-order valence-corrected chi connectivity index (χ4v) is 4.09. The van der Waals surface area contributed by atoms with Crippen molar-refractivity contribution >= 4 is 23.1 Å². The van der Waals surface area contributed by atoms with Gasteiger partial charge in [-0.3, -0.25) is 19.2 Å². The summed E-state index contributed by atoms with van der Waals surface area (Å²) in [5.41, 5.74) is -0.0703. The Morgan fingerprint density at radius 3 is 1.07 bits per heavy atom. The first kappa shape index (κ1) is 29.0. The molecule has 0 unspecified atom stereocenters. The second-order valence-corrected chi connectivity index (χ2v) is 8.87. The molecule has 0 saturated heterocycles. The van der Waals surface area contributed by atoms with Crippen molar-refractivity contribution in [2.75, 3.05) is 14.2 Å². The maximum absolute atomic E-state index is 13.0. The molecule has 0 heterocycles. The molecule has 0 radical (unpaired) electrons. The summed E-state index contributed by atoms with van der Waals surface area (Å²) in [4.78, 5) is 51.4. The first-order valence-corrected chi connectivity index (χ1v) is 11.9. The number of Topliss-reactive ketones (excluding diaryl/α,β-unsaturated/α-hetero) is 4. The Morgan fingerprint density at radius 1 is 0.476 bits per heavy atom. The molecule has 0 bridgehead atoms. The molecular weight excluding hydrogens is 552 g/mol. The minimum Gasteiger partial charge on any atom is -0.504 e. The predicted molar refractivity (Wildman–Crippen MR) is 145 cm³/mol. The highest BCUT2D eigenvalue weighted by atomic mass is 16.5. The average Bonchev–Trinajstić information content (AvgIpc) is 2.99. The van der Waals surface area contributed by atoms with E-state index in [9.17, 15) is 49.8 Å². The summed E-state index contributed by atoms with van der Waals surface area (Å²) in [6.45, 7) is 0. The topological polar surface area (TPSA) is 208 Å². The van der Waals surface area contributed by atoms with Gasteiger partial charge in [0.2, 0.25) is 23.1 Å². The van der Waals surface area contributed by atoms with Crippen molar-refractivity contribution in [1.82, 2.24) is 0 Å². The van der Waals surface area contributed by atoms with E-state index in [0.29, 0.717) is 11.1 Å². The van der Waals surface area contributed by atoms with Crippen LogP contribution in [0.25, 0.3) is 11.1 Å². The third kappa shape index (κ3) is 5.23. The second-order valence-electron chi connectivity index (χ2n) is 8.87. The number of carbonyl (C=O) groups excluding carboxylic acids is 4. The monoisotopic (exact) mass is 574 g/mol.